The summed E-state index contributed by atoms with van der Waals surface area (Å²) in [5, 5.41) is 10.2. The van der Waals surface area contributed by atoms with Crippen LogP contribution in [0.5, 0.6) is 0 Å². The van der Waals surface area contributed by atoms with Gasteiger partial charge in [0.2, 0.25) is 17.7 Å². The second-order valence-electron chi connectivity index (χ2n) is 7.74. The van der Waals surface area contributed by atoms with Gasteiger partial charge in [0.25, 0.3) is 0 Å². The number of hydrogen-bond acceptors (Lipinski definition) is 5. The number of carbonyl (C=O) groups is 4. The predicted molar refractivity (Wildman–Crippen MR) is 123 cm³/mol. The molecule has 2 unspecified atom stereocenters. The lowest BCUT2D eigenvalue weighted by Crippen LogP contribution is -2.58. The minimum atomic E-state index is -0.943. The summed E-state index contributed by atoms with van der Waals surface area (Å²) in [4.78, 5) is 51.7. The van der Waals surface area contributed by atoms with Crippen molar-refractivity contribution >= 4 is 40.8 Å². The maximum Gasteiger partial charge on any atom is 0.321 e. The molecule has 0 spiro atoms. The van der Waals surface area contributed by atoms with Crippen LogP contribution < -0.4 is 26.2 Å². The van der Waals surface area contributed by atoms with Gasteiger partial charge < -0.3 is 20.9 Å². The van der Waals surface area contributed by atoms with E-state index in [9.17, 15) is 19.2 Å². The molecule has 9 nitrogen and oxygen atoms in total. The number of fused-ring (bicyclic) bond motifs is 1. The second kappa shape index (κ2) is 9.51. The van der Waals surface area contributed by atoms with Crippen LogP contribution in [0, 0.1) is 13.8 Å². The van der Waals surface area contributed by atoms with Crippen molar-refractivity contribution in [2.45, 2.75) is 39.3 Å². The molecule has 0 aromatic heterocycles. The van der Waals surface area contributed by atoms with Gasteiger partial charge in [-0.15, -0.1) is 0 Å². The highest BCUT2D eigenvalue weighted by Gasteiger charge is 2.39. The van der Waals surface area contributed by atoms with E-state index < -0.39 is 29.9 Å². The first-order chi connectivity index (χ1) is 15.2. The number of hydrogen-bond donors (Lipinski definition) is 4. The van der Waals surface area contributed by atoms with Crippen molar-refractivity contribution in [2.24, 2.45) is 0 Å². The molecule has 2 aromatic carbocycles. The van der Waals surface area contributed by atoms with E-state index in [2.05, 4.69) is 21.3 Å². The Kier molecular flexibility index (Phi) is 6.77. The molecule has 168 valence electrons. The number of rotatable bonds is 5. The van der Waals surface area contributed by atoms with Crippen molar-refractivity contribution < 1.29 is 19.2 Å². The molecule has 2 aromatic rings. The Labute approximate surface area is 186 Å². The van der Waals surface area contributed by atoms with E-state index in [1.165, 1.54) is 7.05 Å². The van der Waals surface area contributed by atoms with Gasteiger partial charge in [-0.2, -0.15) is 0 Å². The van der Waals surface area contributed by atoms with E-state index in [1.807, 2.05) is 32.0 Å². The van der Waals surface area contributed by atoms with Crippen molar-refractivity contribution in [3.05, 3.63) is 53.6 Å². The molecule has 3 rings (SSSR count). The van der Waals surface area contributed by atoms with E-state index >= 15 is 0 Å². The quantitative estimate of drug-likeness (QED) is 0.572. The summed E-state index contributed by atoms with van der Waals surface area (Å²) in [5.41, 5.74) is 3.77. The van der Waals surface area contributed by atoms with Crippen molar-refractivity contribution in [1.29, 1.82) is 0 Å². The molecule has 4 N–H and O–H groups in total. The fourth-order valence-corrected chi connectivity index (χ4v) is 3.72. The van der Waals surface area contributed by atoms with Crippen LogP contribution >= 0.6 is 0 Å². The monoisotopic (exact) mass is 437 g/mol. The number of para-hydroxylation sites is 2. The van der Waals surface area contributed by atoms with Gasteiger partial charge in [0, 0.05) is 12.7 Å². The standard InChI is InChI=1S/C23H27N5O4/c1-13-9-10-16(14(2)11-13)25-20(29)12-19-22(31)26-17-7-5-6-8-18(17)28(19)15(3)21(30)27-23(32)24-4/h5-11,15,19H,12H2,1-4H3,(H,25,29)(H,26,31)(H2,24,27,30,32). The highest BCUT2D eigenvalue weighted by atomic mass is 16.2. The predicted octanol–water partition coefficient (Wildman–Crippen LogP) is 2.30. The highest BCUT2D eigenvalue weighted by molar-refractivity contribution is 6.09. The Balaban J connectivity index is 1.87. The van der Waals surface area contributed by atoms with E-state index in [1.54, 1.807) is 36.1 Å². The van der Waals surface area contributed by atoms with Crippen LogP contribution in [0.25, 0.3) is 0 Å². The van der Waals surface area contributed by atoms with Crippen molar-refractivity contribution in [3.8, 4) is 0 Å². The SMILES string of the molecule is CNC(=O)NC(=O)C(C)N1c2ccccc2NC(=O)C1CC(=O)Nc1ccc(C)cc1C. The number of imide groups is 1. The normalized spacial score (nSPS) is 15.8. The van der Waals surface area contributed by atoms with Gasteiger partial charge in [-0.05, 0) is 44.5 Å². The van der Waals surface area contributed by atoms with Crippen LogP contribution in [0.15, 0.2) is 42.5 Å². The third kappa shape index (κ3) is 4.88. The van der Waals surface area contributed by atoms with Crippen LogP contribution in [0.1, 0.15) is 24.5 Å². The molecule has 0 fully saturated rings. The van der Waals surface area contributed by atoms with Crippen LogP contribution in [-0.4, -0.2) is 42.9 Å². The number of nitrogens with one attached hydrogen (secondary N) is 4. The molecule has 0 bridgehead atoms. The van der Waals surface area contributed by atoms with E-state index in [0.29, 0.717) is 17.1 Å². The minimum Gasteiger partial charge on any atom is -0.346 e. The van der Waals surface area contributed by atoms with Crippen LogP contribution in [0.2, 0.25) is 0 Å². The molecule has 1 aliphatic rings. The number of urea groups is 1. The summed E-state index contributed by atoms with van der Waals surface area (Å²) in [6, 6.07) is 10.2. The van der Waals surface area contributed by atoms with Crippen LogP contribution in [0.3, 0.4) is 0 Å². The van der Waals surface area contributed by atoms with Gasteiger partial charge in [0.15, 0.2) is 0 Å². The van der Waals surface area contributed by atoms with E-state index in [0.717, 1.165) is 11.1 Å². The van der Waals surface area contributed by atoms with Gasteiger partial charge in [-0.25, -0.2) is 4.79 Å². The molecule has 0 radical (unpaired) electrons. The van der Waals surface area contributed by atoms with Crippen molar-refractivity contribution in [1.82, 2.24) is 10.6 Å². The van der Waals surface area contributed by atoms with Crippen molar-refractivity contribution in [3.63, 3.8) is 0 Å². The Morgan fingerprint density at radius 3 is 2.53 bits per heavy atom. The Morgan fingerprint density at radius 1 is 1.12 bits per heavy atom. The lowest BCUT2D eigenvalue weighted by atomic mass is 10.0. The molecule has 9 heteroatoms. The Morgan fingerprint density at radius 2 is 1.84 bits per heavy atom. The number of anilines is 3. The first-order valence-corrected chi connectivity index (χ1v) is 10.3. The van der Waals surface area contributed by atoms with Crippen LogP contribution in [-0.2, 0) is 14.4 Å². The first-order valence-electron chi connectivity index (χ1n) is 10.3. The van der Waals surface area contributed by atoms with Gasteiger partial charge in [-0.3, -0.25) is 19.7 Å². The summed E-state index contributed by atoms with van der Waals surface area (Å²) in [6.07, 6.45) is -0.176. The molecular weight excluding hydrogens is 410 g/mol. The minimum absolute atomic E-state index is 0.176. The zero-order chi connectivity index (χ0) is 23.4. The zero-order valence-electron chi connectivity index (χ0n) is 18.5. The summed E-state index contributed by atoms with van der Waals surface area (Å²) < 4.78 is 0. The molecule has 32 heavy (non-hydrogen) atoms. The number of nitrogens with zero attached hydrogens (tertiary/aromatic N) is 1. The number of carbonyl (C=O) groups excluding carboxylic acids is 4. The summed E-state index contributed by atoms with van der Waals surface area (Å²) >= 11 is 0. The maximum atomic E-state index is 12.9. The second-order valence-corrected chi connectivity index (χ2v) is 7.74. The van der Waals surface area contributed by atoms with Crippen molar-refractivity contribution in [2.75, 3.05) is 22.6 Å². The fourth-order valence-electron chi connectivity index (χ4n) is 3.72. The molecule has 1 heterocycles. The van der Waals surface area contributed by atoms with E-state index in [-0.39, 0.29) is 12.3 Å². The fraction of sp³-hybridized carbons (Fsp3) is 0.304. The molecular formula is C23H27N5O4. The zero-order valence-corrected chi connectivity index (χ0v) is 18.5. The van der Waals surface area contributed by atoms with Gasteiger partial charge >= 0.3 is 6.03 Å². The average molecular weight is 438 g/mol. The summed E-state index contributed by atoms with van der Waals surface area (Å²) in [7, 11) is 1.40. The third-order valence-corrected chi connectivity index (χ3v) is 5.37. The van der Waals surface area contributed by atoms with E-state index in [4.69, 9.17) is 0 Å². The molecule has 0 saturated heterocycles. The molecule has 2 atom stereocenters. The number of benzene rings is 2. The third-order valence-electron chi connectivity index (χ3n) is 5.37. The molecule has 0 saturated carbocycles. The molecule has 0 aliphatic carbocycles. The Bertz CT molecular complexity index is 1070. The van der Waals surface area contributed by atoms with Gasteiger partial charge in [-0.1, -0.05) is 29.8 Å². The number of amides is 5. The lowest BCUT2D eigenvalue weighted by Gasteiger charge is -2.40. The first kappa shape index (κ1) is 22.8. The Hall–Kier alpha value is -3.88. The lowest BCUT2D eigenvalue weighted by molar-refractivity contribution is -0.124. The van der Waals surface area contributed by atoms with Crippen LogP contribution in [0.4, 0.5) is 21.9 Å². The smallest absolute Gasteiger partial charge is 0.321 e. The summed E-state index contributed by atoms with van der Waals surface area (Å²) in [6.45, 7) is 5.44. The maximum absolute atomic E-state index is 12.9. The molecule has 1 aliphatic heterocycles. The topological polar surface area (TPSA) is 120 Å². The largest absolute Gasteiger partial charge is 0.346 e. The number of aryl methyl sites for hydroxylation is 2. The summed E-state index contributed by atoms with van der Waals surface area (Å²) in [5.74, 6) is -1.35. The average Bonchev–Trinajstić information content (AvgIpc) is 2.75. The van der Waals surface area contributed by atoms with Gasteiger partial charge in [0.1, 0.15) is 12.1 Å². The highest BCUT2D eigenvalue weighted by Crippen LogP contribution is 2.34. The molecule has 5 amide bonds. The van der Waals surface area contributed by atoms with Gasteiger partial charge in [0.05, 0.1) is 17.8 Å².